The number of benzene rings is 1. The topological polar surface area (TPSA) is 115 Å². The molecular weight excluding hydrogens is 470 g/mol. The highest BCUT2D eigenvalue weighted by Crippen LogP contribution is 2.26. The third-order valence-electron chi connectivity index (χ3n) is 7.25. The molecule has 0 bridgehead atoms. The Morgan fingerprint density at radius 3 is 2.62 bits per heavy atom. The second kappa shape index (κ2) is 9.09. The van der Waals surface area contributed by atoms with Crippen LogP contribution in [0.4, 0.5) is 11.6 Å². The summed E-state index contributed by atoms with van der Waals surface area (Å²) in [6.07, 6.45) is 3.78. The predicted octanol–water partition coefficient (Wildman–Crippen LogP) is 2.09. The molecule has 0 saturated carbocycles. The number of anilines is 2. The van der Waals surface area contributed by atoms with Gasteiger partial charge in [0.2, 0.25) is 5.95 Å². The highest BCUT2D eigenvalue weighted by Gasteiger charge is 2.21. The van der Waals surface area contributed by atoms with Gasteiger partial charge in [0, 0.05) is 58.0 Å². The van der Waals surface area contributed by atoms with Crippen LogP contribution < -0.4 is 20.7 Å². The van der Waals surface area contributed by atoms with Crippen LogP contribution in [-0.2, 0) is 6.54 Å². The summed E-state index contributed by atoms with van der Waals surface area (Å²) in [4.78, 5) is 14.2. The van der Waals surface area contributed by atoms with Crippen LogP contribution in [0.2, 0.25) is 0 Å². The number of nitrogen functional groups attached to an aromatic ring is 1. The van der Waals surface area contributed by atoms with Crippen molar-refractivity contribution in [2.75, 3.05) is 56.4 Å². The van der Waals surface area contributed by atoms with E-state index in [0.717, 1.165) is 74.8 Å². The van der Waals surface area contributed by atoms with Crippen LogP contribution in [0.5, 0.6) is 5.75 Å². The van der Waals surface area contributed by atoms with Crippen LogP contribution in [-0.4, -0.2) is 81.0 Å². The van der Waals surface area contributed by atoms with Crippen LogP contribution >= 0.6 is 0 Å². The Morgan fingerprint density at radius 1 is 1.05 bits per heavy atom. The number of aromatic nitrogens is 5. The predicted molar refractivity (Wildman–Crippen MR) is 141 cm³/mol. The van der Waals surface area contributed by atoms with Gasteiger partial charge in [0.05, 0.1) is 12.6 Å². The molecule has 1 aromatic carbocycles. The molecule has 3 N–H and O–H groups in total. The lowest BCUT2D eigenvalue weighted by Crippen LogP contribution is -2.50. The molecule has 6 heterocycles. The quantitative estimate of drug-likeness (QED) is 0.347. The van der Waals surface area contributed by atoms with Crippen LogP contribution in [0.1, 0.15) is 0 Å². The van der Waals surface area contributed by atoms with Gasteiger partial charge in [0.1, 0.15) is 28.6 Å². The number of nitrogens with one attached hydrogen (secondary N) is 1. The first-order valence-corrected chi connectivity index (χ1v) is 12.7. The van der Waals surface area contributed by atoms with Crippen molar-refractivity contribution in [3.63, 3.8) is 0 Å². The van der Waals surface area contributed by atoms with E-state index in [2.05, 4.69) is 59.0 Å². The fourth-order valence-corrected chi connectivity index (χ4v) is 5.01. The Bertz CT molecular complexity index is 1510. The number of furan rings is 1. The Balaban J connectivity index is 0.995. The zero-order valence-electron chi connectivity index (χ0n) is 20.5. The molecule has 7 rings (SSSR count). The molecule has 37 heavy (non-hydrogen) atoms. The van der Waals surface area contributed by atoms with Gasteiger partial charge in [-0.1, -0.05) is 0 Å². The molecule has 190 valence electrons. The maximum atomic E-state index is 6.26. The van der Waals surface area contributed by atoms with Gasteiger partial charge in [-0.25, -0.2) is 4.98 Å². The van der Waals surface area contributed by atoms with Crippen molar-refractivity contribution >= 4 is 28.3 Å². The molecule has 0 spiro atoms. The number of ether oxygens (including phenoxy) is 1. The van der Waals surface area contributed by atoms with Gasteiger partial charge in [0.25, 0.3) is 0 Å². The van der Waals surface area contributed by atoms with Crippen molar-refractivity contribution in [3.05, 3.63) is 55.1 Å². The van der Waals surface area contributed by atoms with Crippen LogP contribution in [0.15, 0.2) is 59.5 Å². The Hall–Kier alpha value is -4.09. The summed E-state index contributed by atoms with van der Waals surface area (Å²) in [5.74, 6) is 1.96. The zero-order chi connectivity index (χ0) is 24.8. The number of hydrogen-bond acceptors (Lipinski definition) is 9. The first-order valence-electron chi connectivity index (χ1n) is 12.7. The molecule has 11 nitrogen and oxygen atoms in total. The lowest BCUT2D eigenvalue weighted by molar-refractivity contribution is 0.142. The van der Waals surface area contributed by atoms with Gasteiger partial charge in [-0.3, -0.25) is 4.90 Å². The van der Waals surface area contributed by atoms with E-state index in [-0.39, 0.29) is 0 Å². The summed E-state index contributed by atoms with van der Waals surface area (Å²) in [5, 5.41) is 7.79. The maximum absolute atomic E-state index is 6.26. The van der Waals surface area contributed by atoms with E-state index in [1.54, 1.807) is 10.8 Å². The molecule has 0 radical (unpaired) electrons. The highest BCUT2D eigenvalue weighted by atomic mass is 16.5. The van der Waals surface area contributed by atoms with Crippen molar-refractivity contribution in [1.82, 2.24) is 34.4 Å². The fourth-order valence-electron chi connectivity index (χ4n) is 5.01. The van der Waals surface area contributed by atoms with E-state index in [1.165, 1.54) is 5.69 Å². The first kappa shape index (κ1) is 22.1. The summed E-state index contributed by atoms with van der Waals surface area (Å²) in [5.41, 5.74) is 10.6. The number of fused-ring (bicyclic) bond motifs is 3. The number of nitrogens with zero attached hydrogens (tertiary/aromatic N) is 7. The van der Waals surface area contributed by atoms with E-state index in [1.807, 2.05) is 24.5 Å². The monoisotopic (exact) mass is 499 g/mol. The summed E-state index contributed by atoms with van der Waals surface area (Å²) in [6.45, 7) is 7.58. The van der Waals surface area contributed by atoms with Crippen molar-refractivity contribution in [3.8, 4) is 17.2 Å². The summed E-state index contributed by atoms with van der Waals surface area (Å²) < 4.78 is 15.1. The third-order valence-corrected chi connectivity index (χ3v) is 7.25. The molecule has 2 aliphatic rings. The minimum Gasteiger partial charge on any atom is -0.488 e. The Kier molecular flexibility index (Phi) is 5.44. The molecule has 5 aromatic rings. The lowest BCUT2D eigenvalue weighted by atomic mass is 10.2. The van der Waals surface area contributed by atoms with Crippen molar-refractivity contribution in [2.24, 2.45) is 0 Å². The number of piperazine rings is 1. The normalized spacial score (nSPS) is 17.0. The molecule has 0 atom stereocenters. The second-order valence-corrected chi connectivity index (χ2v) is 9.60. The van der Waals surface area contributed by atoms with Crippen LogP contribution in [0, 0.1) is 0 Å². The average molecular weight is 500 g/mol. The average Bonchev–Trinajstić information content (AvgIpc) is 3.66. The summed E-state index contributed by atoms with van der Waals surface area (Å²) in [7, 11) is 0. The molecule has 2 aliphatic heterocycles. The van der Waals surface area contributed by atoms with E-state index in [9.17, 15) is 0 Å². The minimum absolute atomic E-state index is 0.305. The third kappa shape index (κ3) is 4.15. The summed E-state index contributed by atoms with van der Waals surface area (Å²) >= 11 is 0. The van der Waals surface area contributed by atoms with Gasteiger partial charge < -0.3 is 29.7 Å². The van der Waals surface area contributed by atoms with Gasteiger partial charge in [-0.15, -0.1) is 0 Å². The van der Waals surface area contributed by atoms with Gasteiger partial charge in [-0.05, 0) is 42.5 Å². The van der Waals surface area contributed by atoms with Crippen molar-refractivity contribution < 1.29 is 9.15 Å². The van der Waals surface area contributed by atoms with E-state index in [0.29, 0.717) is 23.5 Å². The largest absolute Gasteiger partial charge is 0.488 e. The molecule has 0 amide bonds. The van der Waals surface area contributed by atoms with Crippen molar-refractivity contribution in [2.45, 2.75) is 12.6 Å². The van der Waals surface area contributed by atoms with E-state index >= 15 is 0 Å². The van der Waals surface area contributed by atoms with Gasteiger partial charge >= 0.3 is 0 Å². The summed E-state index contributed by atoms with van der Waals surface area (Å²) in [6, 6.07) is 14.1. The Labute approximate surface area is 213 Å². The maximum Gasteiger partial charge on any atom is 0.223 e. The first-order chi connectivity index (χ1) is 18.2. The fraction of sp³-hybridized carbons (Fsp3) is 0.346. The molecular formula is C26H29N9O2. The molecule has 2 fully saturated rings. The van der Waals surface area contributed by atoms with Crippen LogP contribution in [0.3, 0.4) is 0 Å². The highest BCUT2D eigenvalue weighted by molar-refractivity contribution is 5.90. The van der Waals surface area contributed by atoms with E-state index < -0.39 is 0 Å². The Morgan fingerprint density at radius 2 is 1.89 bits per heavy atom. The number of imidazole rings is 1. The minimum atomic E-state index is 0.305. The molecule has 11 heteroatoms. The molecule has 4 aromatic heterocycles. The van der Waals surface area contributed by atoms with Crippen LogP contribution in [0.25, 0.3) is 28.1 Å². The standard InChI is InChI=1S/C26H29N9O2/c27-26-30-25-24(22-14-21(31-35(22)26)23-2-1-13-36-23)29-17-34(25)12-9-32-7-10-33(11-8-32)18-3-5-19(6-4-18)37-20-15-28-16-20/h1-6,13-14,17,20,28H,7-12,15-16H2,(H2,27,30). The molecule has 2 saturated heterocycles. The number of hydrogen-bond donors (Lipinski definition) is 2. The van der Waals surface area contributed by atoms with Crippen molar-refractivity contribution in [1.29, 1.82) is 0 Å². The van der Waals surface area contributed by atoms with Gasteiger partial charge in [-0.2, -0.15) is 14.6 Å². The lowest BCUT2D eigenvalue weighted by Gasteiger charge is -2.36. The SMILES string of the molecule is Nc1nc2c(ncn2CCN2CCN(c3ccc(OC4CNC4)cc3)CC2)c2cc(-c3ccco3)nn12. The zero-order valence-corrected chi connectivity index (χ0v) is 20.5. The van der Waals surface area contributed by atoms with Gasteiger partial charge in [0.15, 0.2) is 11.4 Å². The number of nitrogens with two attached hydrogens (primary N) is 1. The second-order valence-electron chi connectivity index (χ2n) is 9.60. The number of rotatable bonds is 7. The molecule has 0 aliphatic carbocycles. The van der Waals surface area contributed by atoms with E-state index in [4.69, 9.17) is 14.9 Å². The smallest absolute Gasteiger partial charge is 0.223 e. The molecule has 0 unspecified atom stereocenters.